The van der Waals surface area contributed by atoms with Crippen LogP contribution >= 0.6 is 24.8 Å². The second-order valence-electron chi connectivity index (χ2n) is 5.98. The quantitative estimate of drug-likeness (QED) is 0.795. The molecule has 1 amide bonds. The number of hydrogen-bond acceptors (Lipinski definition) is 4. The first kappa shape index (κ1) is 21.1. The summed E-state index contributed by atoms with van der Waals surface area (Å²) in [4.78, 5) is 19.1. The highest BCUT2D eigenvalue weighted by Gasteiger charge is 2.13. The number of carbonyl (C=O) groups is 1. The van der Waals surface area contributed by atoms with Gasteiger partial charge in [-0.25, -0.2) is 4.98 Å². The number of rotatable bonds is 4. The molecule has 5 nitrogen and oxygen atoms in total. The summed E-state index contributed by atoms with van der Waals surface area (Å²) in [5.41, 5.74) is 8.87. The predicted octanol–water partition coefficient (Wildman–Crippen LogP) is 3.35. The Morgan fingerprint density at radius 1 is 1.20 bits per heavy atom. The van der Waals surface area contributed by atoms with Crippen LogP contribution in [0.4, 0.5) is 11.5 Å². The van der Waals surface area contributed by atoms with Gasteiger partial charge in [-0.1, -0.05) is 12.1 Å². The number of nitrogen functional groups attached to an aromatic ring is 1. The number of halogens is 2. The number of aryl methyl sites for hydroxylation is 1. The number of pyridine rings is 1. The topological polar surface area (TPSA) is 71.2 Å². The highest BCUT2D eigenvalue weighted by molar-refractivity contribution is 5.96. The Morgan fingerprint density at radius 2 is 1.92 bits per heavy atom. The molecule has 2 heterocycles. The molecule has 0 saturated carbocycles. The minimum absolute atomic E-state index is 0. The van der Waals surface area contributed by atoms with Crippen LogP contribution in [-0.2, 0) is 6.54 Å². The molecule has 0 aliphatic carbocycles. The Labute approximate surface area is 160 Å². The van der Waals surface area contributed by atoms with Crippen LogP contribution in [-0.4, -0.2) is 24.0 Å². The van der Waals surface area contributed by atoms with Gasteiger partial charge >= 0.3 is 0 Å². The number of benzene rings is 1. The normalized spacial score (nSPS) is 12.9. The maximum absolute atomic E-state index is 12.3. The minimum Gasteiger partial charge on any atom is -0.399 e. The van der Waals surface area contributed by atoms with Gasteiger partial charge in [0.05, 0.1) is 0 Å². The molecular formula is C18H24Cl2N4O. The fourth-order valence-electron chi connectivity index (χ4n) is 2.82. The van der Waals surface area contributed by atoms with Crippen molar-refractivity contribution in [2.24, 2.45) is 0 Å². The third-order valence-electron chi connectivity index (χ3n) is 4.20. The van der Waals surface area contributed by atoms with E-state index in [-0.39, 0.29) is 30.7 Å². The lowest BCUT2D eigenvalue weighted by Crippen LogP contribution is -2.24. The van der Waals surface area contributed by atoms with Crippen LogP contribution in [0.3, 0.4) is 0 Å². The molecule has 1 aliphatic heterocycles. The van der Waals surface area contributed by atoms with Crippen LogP contribution in [0, 0.1) is 6.92 Å². The van der Waals surface area contributed by atoms with E-state index in [1.54, 1.807) is 12.1 Å². The van der Waals surface area contributed by atoms with Gasteiger partial charge in [-0.3, -0.25) is 4.79 Å². The summed E-state index contributed by atoms with van der Waals surface area (Å²) in [5.74, 6) is 0.905. The monoisotopic (exact) mass is 382 g/mol. The second kappa shape index (κ2) is 9.49. The molecule has 0 unspecified atom stereocenters. The molecule has 3 rings (SSSR count). The molecule has 25 heavy (non-hydrogen) atoms. The summed E-state index contributed by atoms with van der Waals surface area (Å²) >= 11 is 0. The Hall–Kier alpha value is -1.98. The molecular weight excluding hydrogens is 359 g/mol. The maximum atomic E-state index is 12.3. The molecule has 7 heteroatoms. The molecule has 0 atom stereocenters. The largest absolute Gasteiger partial charge is 0.399 e. The van der Waals surface area contributed by atoms with Crippen molar-refractivity contribution < 1.29 is 4.79 Å². The van der Waals surface area contributed by atoms with E-state index in [2.05, 4.69) is 15.2 Å². The fourth-order valence-corrected chi connectivity index (χ4v) is 2.82. The van der Waals surface area contributed by atoms with E-state index in [4.69, 9.17) is 5.73 Å². The van der Waals surface area contributed by atoms with E-state index in [1.807, 2.05) is 31.3 Å². The molecule has 1 saturated heterocycles. The van der Waals surface area contributed by atoms with Crippen LogP contribution in [0.25, 0.3) is 0 Å². The lowest BCUT2D eigenvalue weighted by molar-refractivity contribution is 0.0950. The summed E-state index contributed by atoms with van der Waals surface area (Å²) in [6.45, 7) is 4.52. The van der Waals surface area contributed by atoms with Crippen molar-refractivity contribution in [2.75, 3.05) is 23.7 Å². The van der Waals surface area contributed by atoms with Gasteiger partial charge in [-0.2, -0.15) is 0 Å². The zero-order valence-electron chi connectivity index (χ0n) is 14.2. The van der Waals surface area contributed by atoms with Crippen molar-refractivity contribution >= 4 is 42.2 Å². The van der Waals surface area contributed by atoms with Gasteiger partial charge < -0.3 is 16.0 Å². The molecule has 1 fully saturated rings. The van der Waals surface area contributed by atoms with Gasteiger partial charge in [0.1, 0.15) is 5.82 Å². The minimum atomic E-state index is -0.113. The molecule has 1 aliphatic rings. The van der Waals surface area contributed by atoms with Crippen LogP contribution in [0.2, 0.25) is 0 Å². The summed E-state index contributed by atoms with van der Waals surface area (Å²) in [6.07, 6.45) is 4.30. The zero-order valence-corrected chi connectivity index (χ0v) is 15.8. The maximum Gasteiger partial charge on any atom is 0.251 e. The zero-order chi connectivity index (χ0) is 16.2. The summed E-state index contributed by atoms with van der Waals surface area (Å²) in [6, 6.07) is 9.41. The number of aromatic nitrogens is 1. The number of carbonyl (C=O) groups excluding carboxylic acids is 1. The van der Waals surface area contributed by atoms with Crippen molar-refractivity contribution in [3.63, 3.8) is 0 Å². The Morgan fingerprint density at radius 3 is 2.56 bits per heavy atom. The van der Waals surface area contributed by atoms with Gasteiger partial charge in [0.2, 0.25) is 0 Å². The van der Waals surface area contributed by atoms with Crippen LogP contribution in [0.15, 0.2) is 36.5 Å². The van der Waals surface area contributed by atoms with Gasteiger partial charge in [0.15, 0.2) is 0 Å². The third kappa shape index (κ3) is 5.25. The van der Waals surface area contributed by atoms with E-state index in [0.29, 0.717) is 17.8 Å². The molecule has 136 valence electrons. The van der Waals surface area contributed by atoms with Crippen LogP contribution in [0.1, 0.15) is 34.3 Å². The molecule has 0 radical (unpaired) electrons. The highest BCUT2D eigenvalue weighted by atomic mass is 35.5. The molecule has 1 aromatic heterocycles. The van der Waals surface area contributed by atoms with Crippen LogP contribution in [0.5, 0.6) is 0 Å². The molecule has 2 aromatic rings. The predicted molar refractivity (Wildman–Crippen MR) is 107 cm³/mol. The van der Waals surface area contributed by atoms with Crippen molar-refractivity contribution in [1.82, 2.24) is 10.3 Å². The molecule has 0 spiro atoms. The lowest BCUT2D eigenvalue weighted by atomic mass is 10.1. The van der Waals surface area contributed by atoms with Gasteiger partial charge in [0.25, 0.3) is 5.91 Å². The van der Waals surface area contributed by atoms with E-state index >= 15 is 0 Å². The first-order valence-corrected chi connectivity index (χ1v) is 7.98. The smallest absolute Gasteiger partial charge is 0.251 e. The van der Waals surface area contributed by atoms with E-state index in [9.17, 15) is 4.79 Å². The van der Waals surface area contributed by atoms with Crippen molar-refractivity contribution in [2.45, 2.75) is 26.3 Å². The average molecular weight is 383 g/mol. The van der Waals surface area contributed by atoms with E-state index < -0.39 is 0 Å². The van der Waals surface area contributed by atoms with Crippen molar-refractivity contribution in [3.8, 4) is 0 Å². The van der Waals surface area contributed by atoms with Crippen molar-refractivity contribution in [1.29, 1.82) is 0 Å². The summed E-state index contributed by atoms with van der Waals surface area (Å²) in [5, 5.41) is 2.92. The molecule has 0 bridgehead atoms. The number of nitrogens with two attached hydrogens (primary N) is 1. The molecule has 3 N–H and O–H groups in total. The first-order chi connectivity index (χ1) is 11.1. The van der Waals surface area contributed by atoms with Gasteiger partial charge in [-0.15, -0.1) is 24.8 Å². The molecule has 1 aromatic carbocycles. The Kier molecular flexibility index (Phi) is 8.00. The van der Waals surface area contributed by atoms with Crippen LogP contribution < -0.4 is 16.0 Å². The fraction of sp³-hybridized carbons (Fsp3) is 0.333. The Balaban J connectivity index is 0.00000156. The number of anilines is 2. The summed E-state index contributed by atoms with van der Waals surface area (Å²) < 4.78 is 0. The first-order valence-electron chi connectivity index (χ1n) is 7.98. The number of hydrogen-bond donors (Lipinski definition) is 2. The standard InChI is InChI=1S/C18H22N4O.2ClH/c1-13-4-6-15(19)10-16(13)18(23)21-12-14-5-7-17(20-11-14)22-8-2-3-9-22;;/h4-7,10-11H,2-3,8-9,12,19H2,1H3,(H,21,23);2*1H. The number of amides is 1. The average Bonchev–Trinajstić information content (AvgIpc) is 3.10. The number of nitrogens with zero attached hydrogens (tertiary/aromatic N) is 2. The SMILES string of the molecule is Cc1ccc(N)cc1C(=O)NCc1ccc(N2CCCC2)nc1.Cl.Cl. The van der Waals surface area contributed by atoms with E-state index in [0.717, 1.165) is 30.0 Å². The van der Waals surface area contributed by atoms with Gasteiger partial charge in [-0.05, 0) is 49.1 Å². The third-order valence-corrected chi connectivity index (χ3v) is 4.20. The number of nitrogens with one attached hydrogen (secondary N) is 1. The highest BCUT2D eigenvalue weighted by Crippen LogP contribution is 2.17. The summed E-state index contributed by atoms with van der Waals surface area (Å²) in [7, 11) is 0. The van der Waals surface area contributed by atoms with E-state index in [1.165, 1.54) is 12.8 Å². The Bertz CT molecular complexity index is 701. The van der Waals surface area contributed by atoms with Crippen molar-refractivity contribution in [3.05, 3.63) is 53.2 Å². The second-order valence-corrected chi connectivity index (χ2v) is 5.98. The lowest BCUT2D eigenvalue weighted by Gasteiger charge is -2.16. The van der Waals surface area contributed by atoms with Gasteiger partial charge in [0, 0.05) is 37.1 Å².